The van der Waals surface area contributed by atoms with Crippen molar-refractivity contribution in [1.82, 2.24) is 0 Å². The summed E-state index contributed by atoms with van der Waals surface area (Å²) in [6.45, 7) is 0. The van der Waals surface area contributed by atoms with Crippen LogP contribution >= 0.6 is 27.3 Å². The summed E-state index contributed by atoms with van der Waals surface area (Å²) in [4.78, 5) is 0. The molecule has 5 heteroatoms. The number of aliphatic hydroxyl groups excluding tert-OH is 1. The Morgan fingerprint density at radius 2 is 2.00 bits per heavy atom. The lowest BCUT2D eigenvalue weighted by Gasteiger charge is -2.09. The van der Waals surface area contributed by atoms with Crippen molar-refractivity contribution in [3.8, 4) is 0 Å². The average Bonchev–Trinajstić information content (AvgIpc) is 2.70. The Kier molecular flexibility index (Phi) is 3.91. The van der Waals surface area contributed by atoms with E-state index in [0.29, 0.717) is 5.56 Å². The molecule has 90 valence electrons. The van der Waals surface area contributed by atoms with Crippen LogP contribution in [0.5, 0.6) is 0 Å². The van der Waals surface area contributed by atoms with E-state index in [1.54, 1.807) is 0 Å². The van der Waals surface area contributed by atoms with Gasteiger partial charge in [0, 0.05) is 6.42 Å². The molecule has 0 spiro atoms. The Labute approximate surface area is 110 Å². The molecule has 0 aliphatic heterocycles. The van der Waals surface area contributed by atoms with Crippen LogP contribution in [0.4, 0.5) is 8.78 Å². The van der Waals surface area contributed by atoms with Gasteiger partial charge < -0.3 is 5.11 Å². The van der Waals surface area contributed by atoms with Gasteiger partial charge in [0.1, 0.15) is 0 Å². The van der Waals surface area contributed by atoms with E-state index in [9.17, 15) is 13.9 Å². The number of thiophene rings is 1. The molecule has 1 atom stereocenters. The number of benzene rings is 1. The van der Waals surface area contributed by atoms with Crippen LogP contribution in [0.25, 0.3) is 0 Å². The highest BCUT2D eigenvalue weighted by molar-refractivity contribution is 9.11. The normalized spacial score (nSPS) is 12.7. The zero-order chi connectivity index (χ0) is 12.4. The van der Waals surface area contributed by atoms with Crippen LogP contribution in [0.3, 0.4) is 0 Å². The van der Waals surface area contributed by atoms with E-state index in [0.717, 1.165) is 21.5 Å². The average molecular weight is 319 g/mol. The van der Waals surface area contributed by atoms with E-state index in [1.807, 2.05) is 11.4 Å². The maximum absolute atomic E-state index is 13.0. The van der Waals surface area contributed by atoms with E-state index in [-0.39, 0.29) is 6.42 Å². The van der Waals surface area contributed by atoms with Gasteiger partial charge in [-0.05, 0) is 50.6 Å². The Balaban J connectivity index is 2.12. The van der Waals surface area contributed by atoms with Crippen molar-refractivity contribution in [2.75, 3.05) is 0 Å². The molecule has 0 amide bonds. The third-order valence-electron chi connectivity index (χ3n) is 2.39. The first kappa shape index (κ1) is 12.7. The van der Waals surface area contributed by atoms with Crippen LogP contribution in [0.1, 0.15) is 17.2 Å². The fraction of sp³-hybridized carbons (Fsp3) is 0.167. The number of halogens is 3. The third kappa shape index (κ3) is 3.12. The van der Waals surface area contributed by atoms with Crippen molar-refractivity contribution < 1.29 is 13.9 Å². The molecule has 0 fully saturated rings. The van der Waals surface area contributed by atoms with E-state index >= 15 is 0 Å². The zero-order valence-electron chi connectivity index (χ0n) is 8.66. The number of hydrogen-bond donors (Lipinski definition) is 1. The highest BCUT2D eigenvalue weighted by Gasteiger charge is 2.12. The van der Waals surface area contributed by atoms with Crippen LogP contribution in [-0.2, 0) is 6.42 Å². The van der Waals surface area contributed by atoms with Gasteiger partial charge in [0.25, 0.3) is 0 Å². The standard InChI is InChI=1S/C12H9BrF2OS/c13-12-5-8(6-17-12)11(16)4-7-1-2-9(14)10(15)3-7/h1-3,5-6,11,16H,4H2. The molecular weight excluding hydrogens is 310 g/mol. The van der Waals surface area contributed by atoms with Crippen molar-refractivity contribution >= 4 is 27.3 Å². The monoisotopic (exact) mass is 318 g/mol. The van der Waals surface area contributed by atoms with Crippen LogP contribution in [0.15, 0.2) is 33.4 Å². The van der Waals surface area contributed by atoms with Gasteiger partial charge in [-0.1, -0.05) is 6.07 Å². The summed E-state index contributed by atoms with van der Waals surface area (Å²) in [5, 5.41) is 11.7. The van der Waals surface area contributed by atoms with E-state index in [2.05, 4.69) is 15.9 Å². The second kappa shape index (κ2) is 5.25. The van der Waals surface area contributed by atoms with Gasteiger partial charge in [-0.3, -0.25) is 0 Å². The van der Waals surface area contributed by atoms with E-state index in [1.165, 1.54) is 17.4 Å². The third-order valence-corrected chi connectivity index (χ3v) is 3.91. The number of hydrogen-bond acceptors (Lipinski definition) is 2. The number of aliphatic hydroxyl groups is 1. The second-order valence-corrected chi connectivity index (χ2v) is 5.94. The molecule has 1 nitrogen and oxygen atoms in total. The molecule has 2 aromatic rings. The zero-order valence-corrected chi connectivity index (χ0v) is 11.1. The molecule has 0 radical (unpaired) electrons. The largest absolute Gasteiger partial charge is 0.388 e. The maximum atomic E-state index is 13.0. The van der Waals surface area contributed by atoms with Gasteiger partial charge in [0.2, 0.25) is 0 Å². The van der Waals surface area contributed by atoms with Crippen LogP contribution in [-0.4, -0.2) is 5.11 Å². The molecule has 1 unspecified atom stereocenters. The van der Waals surface area contributed by atoms with Crippen molar-refractivity contribution in [3.63, 3.8) is 0 Å². The SMILES string of the molecule is OC(Cc1ccc(F)c(F)c1)c1csc(Br)c1. The minimum Gasteiger partial charge on any atom is -0.388 e. The lowest BCUT2D eigenvalue weighted by atomic mass is 10.0. The van der Waals surface area contributed by atoms with Gasteiger partial charge in [-0.15, -0.1) is 11.3 Å². The molecule has 2 rings (SSSR count). The summed E-state index contributed by atoms with van der Waals surface area (Å²) >= 11 is 4.78. The van der Waals surface area contributed by atoms with Crippen molar-refractivity contribution in [3.05, 3.63) is 56.2 Å². The van der Waals surface area contributed by atoms with Crippen LogP contribution in [0.2, 0.25) is 0 Å². The van der Waals surface area contributed by atoms with Gasteiger partial charge in [-0.2, -0.15) is 0 Å². The number of rotatable bonds is 3. The highest BCUT2D eigenvalue weighted by atomic mass is 79.9. The lowest BCUT2D eigenvalue weighted by molar-refractivity contribution is 0.179. The summed E-state index contributed by atoms with van der Waals surface area (Å²) < 4.78 is 26.6. The first-order valence-electron chi connectivity index (χ1n) is 4.92. The van der Waals surface area contributed by atoms with Gasteiger partial charge in [0.05, 0.1) is 9.89 Å². The second-order valence-electron chi connectivity index (χ2n) is 3.65. The summed E-state index contributed by atoms with van der Waals surface area (Å²) in [6.07, 6.45) is -0.442. The Morgan fingerprint density at radius 1 is 1.24 bits per heavy atom. The molecule has 1 N–H and O–H groups in total. The molecule has 0 aliphatic carbocycles. The topological polar surface area (TPSA) is 20.2 Å². The summed E-state index contributed by atoms with van der Waals surface area (Å²) in [7, 11) is 0. The smallest absolute Gasteiger partial charge is 0.159 e. The summed E-state index contributed by atoms with van der Waals surface area (Å²) in [5.74, 6) is -1.76. The maximum Gasteiger partial charge on any atom is 0.159 e. The van der Waals surface area contributed by atoms with Crippen molar-refractivity contribution in [2.24, 2.45) is 0 Å². The Hall–Kier alpha value is -0.780. The van der Waals surface area contributed by atoms with Crippen LogP contribution in [0, 0.1) is 11.6 Å². The quantitative estimate of drug-likeness (QED) is 0.904. The highest BCUT2D eigenvalue weighted by Crippen LogP contribution is 2.27. The predicted molar refractivity (Wildman–Crippen MR) is 67.0 cm³/mol. The Morgan fingerprint density at radius 3 is 2.59 bits per heavy atom. The van der Waals surface area contributed by atoms with Gasteiger partial charge in [-0.25, -0.2) is 8.78 Å². The molecule has 17 heavy (non-hydrogen) atoms. The molecule has 0 aliphatic rings. The molecular formula is C12H9BrF2OS. The van der Waals surface area contributed by atoms with Crippen LogP contribution < -0.4 is 0 Å². The fourth-order valence-corrected chi connectivity index (χ4v) is 2.73. The van der Waals surface area contributed by atoms with E-state index in [4.69, 9.17) is 0 Å². The predicted octanol–water partition coefficient (Wildman–Crippen LogP) is 4.06. The van der Waals surface area contributed by atoms with Crippen molar-refractivity contribution in [2.45, 2.75) is 12.5 Å². The molecule has 1 aromatic carbocycles. The fourth-order valence-electron chi connectivity index (χ4n) is 1.51. The molecule has 0 saturated carbocycles. The Bertz CT molecular complexity index is 527. The molecule has 1 heterocycles. The minimum atomic E-state index is -0.888. The van der Waals surface area contributed by atoms with E-state index < -0.39 is 17.7 Å². The van der Waals surface area contributed by atoms with Gasteiger partial charge in [0.15, 0.2) is 11.6 Å². The first-order valence-corrected chi connectivity index (χ1v) is 6.59. The lowest BCUT2D eigenvalue weighted by Crippen LogP contribution is -2.01. The minimum absolute atomic E-state index is 0.264. The summed E-state index contributed by atoms with van der Waals surface area (Å²) in [5.41, 5.74) is 1.34. The first-order chi connectivity index (χ1) is 8.06. The molecule has 0 saturated heterocycles. The van der Waals surface area contributed by atoms with Gasteiger partial charge >= 0.3 is 0 Å². The molecule has 1 aromatic heterocycles. The molecule has 0 bridgehead atoms. The summed E-state index contributed by atoms with van der Waals surface area (Å²) in [6, 6.07) is 5.47. The van der Waals surface area contributed by atoms with Crippen molar-refractivity contribution in [1.29, 1.82) is 0 Å².